The highest BCUT2D eigenvalue weighted by Crippen LogP contribution is 2.23. The molecule has 0 aliphatic carbocycles. The highest BCUT2D eigenvalue weighted by atomic mass is 16.5. The molecule has 8 nitrogen and oxygen atoms in total. The first-order valence-corrected chi connectivity index (χ1v) is 10.4. The molecule has 30 heavy (non-hydrogen) atoms. The fourth-order valence-corrected chi connectivity index (χ4v) is 4.40. The molecule has 156 valence electrons. The number of amides is 2. The Labute approximate surface area is 174 Å². The van der Waals surface area contributed by atoms with Gasteiger partial charge in [0.25, 0.3) is 11.8 Å². The Morgan fingerprint density at radius 1 is 1.00 bits per heavy atom. The first-order valence-electron chi connectivity index (χ1n) is 10.4. The van der Waals surface area contributed by atoms with Crippen LogP contribution < -0.4 is 4.74 Å². The van der Waals surface area contributed by atoms with Gasteiger partial charge >= 0.3 is 0 Å². The Kier molecular flexibility index (Phi) is 4.69. The van der Waals surface area contributed by atoms with Gasteiger partial charge in [-0.2, -0.15) is 5.10 Å². The number of H-pyrrole nitrogens is 1. The summed E-state index contributed by atoms with van der Waals surface area (Å²) in [6.45, 7) is 2.99. The van der Waals surface area contributed by atoms with Crippen LogP contribution in [0.5, 0.6) is 5.75 Å². The third-order valence-corrected chi connectivity index (χ3v) is 6.13. The number of rotatable bonds is 3. The molecular weight excluding hydrogens is 382 g/mol. The first-order chi connectivity index (χ1) is 14.6. The maximum Gasteiger partial charge on any atom is 0.270 e. The average molecular weight is 407 g/mol. The molecule has 2 aromatic heterocycles. The summed E-state index contributed by atoms with van der Waals surface area (Å²) in [5.74, 6) is 0.737. The average Bonchev–Trinajstić information content (AvgIpc) is 3.42. The highest BCUT2D eigenvalue weighted by Gasteiger charge is 2.29. The first kappa shape index (κ1) is 18.7. The molecule has 0 unspecified atom stereocenters. The molecule has 0 spiro atoms. The molecule has 2 aliphatic rings. The van der Waals surface area contributed by atoms with Crippen molar-refractivity contribution in [1.29, 1.82) is 0 Å². The van der Waals surface area contributed by atoms with E-state index in [1.165, 1.54) is 0 Å². The van der Waals surface area contributed by atoms with E-state index in [-0.39, 0.29) is 11.8 Å². The van der Waals surface area contributed by atoms with Crippen molar-refractivity contribution in [3.8, 4) is 5.75 Å². The van der Waals surface area contributed by atoms with E-state index in [0.717, 1.165) is 53.7 Å². The zero-order valence-electron chi connectivity index (χ0n) is 17.1. The van der Waals surface area contributed by atoms with Gasteiger partial charge in [0.2, 0.25) is 0 Å². The minimum atomic E-state index is -0.0415. The second-order valence-corrected chi connectivity index (χ2v) is 7.91. The normalized spacial score (nSPS) is 16.6. The van der Waals surface area contributed by atoms with Crippen molar-refractivity contribution in [2.45, 2.75) is 25.8 Å². The quantitative estimate of drug-likeness (QED) is 0.722. The van der Waals surface area contributed by atoms with Crippen LogP contribution in [-0.4, -0.2) is 69.7 Å². The second kappa shape index (κ2) is 7.51. The summed E-state index contributed by atoms with van der Waals surface area (Å²) in [5.41, 5.74) is 3.21. The van der Waals surface area contributed by atoms with Gasteiger partial charge in [-0.05, 0) is 37.5 Å². The van der Waals surface area contributed by atoms with Gasteiger partial charge < -0.3 is 19.5 Å². The predicted octanol–water partition coefficient (Wildman–Crippen LogP) is 2.31. The number of hydrogen-bond donors (Lipinski definition) is 1. The molecule has 0 saturated carbocycles. The maximum absolute atomic E-state index is 13.0. The van der Waals surface area contributed by atoms with Crippen LogP contribution >= 0.6 is 0 Å². The molecule has 2 amide bonds. The Morgan fingerprint density at radius 2 is 1.77 bits per heavy atom. The van der Waals surface area contributed by atoms with Crippen molar-refractivity contribution < 1.29 is 14.3 Å². The number of benzene rings is 1. The van der Waals surface area contributed by atoms with E-state index in [1.807, 2.05) is 33.8 Å². The van der Waals surface area contributed by atoms with Crippen LogP contribution in [0.3, 0.4) is 0 Å². The zero-order valence-corrected chi connectivity index (χ0v) is 17.1. The van der Waals surface area contributed by atoms with Crippen molar-refractivity contribution in [2.24, 2.45) is 0 Å². The summed E-state index contributed by atoms with van der Waals surface area (Å²) >= 11 is 0. The number of aromatic nitrogens is 3. The third-order valence-electron chi connectivity index (χ3n) is 6.13. The summed E-state index contributed by atoms with van der Waals surface area (Å²) < 4.78 is 7.21. The number of carbonyl (C=O) groups excluding carboxylic acids is 2. The number of methoxy groups -OCH3 is 1. The van der Waals surface area contributed by atoms with Crippen LogP contribution in [0.15, 0.2) is 30.5 Å². The van der Waals surface area contributed by atoms with E-state index in [1.54, 1.807) is 18.2 Å². The van der Waals surface area contributed by atoms with Gasteiger partial charge in [0.05, 0.1) is 24.6 Å². The summed E-state index contributed by atoms with van der Waals surface area (Å²) in [6, 6.07) is 7.57. The molecule has 0 bridgehead atoms. The number of hydrogen-bond acceptors (Lipinski definition) is 4. The molecule has 4 heterocycles. The summed E-state index contributed by atoms with van der Waals surface area (Å²) in [5, 5.41) is 5.35. The molecule has 0 radical (unpaired) electrons. The van der Waals surface area contributed by atoms with Crippen LogP contribution in [0, 0.1) is 0 Å². The van der Waals surface area contributed by atoms with E-state index in [2.05, 4.69) is 10.1 Å². The van der Waals surface area contributed by atoms with Crippen LogP contribution in [0.2, 0.25) is 0 Å². The zero-order chi connectivity index (χ0) is 20.7. The van der Waals surface area contributed by atoms with Crippen LogP contribution in [0.25, 0.3) is 10.9 Å². The predicted molar refractivity (Wildman–Crippen MR) is 112 cm³/mol. The minimum Gasteiger partial charge on any atom is -0.497 e. The lowest BCUT2D eigenvalue weighted by molar-refractivity contribution is 0.0532. The molecule has 1 aromatic carbocycles. The lowest BCUT2D eigenvalue weighted by atomic mass is 10.1. The number of aryl methyl sites for hydroxylation is 1. The van der Waals surface area contributed by atoms with Gasteiger partial charge in [-0.3, -0.25) is 14.3 Å². The number of aromatic amines is 1. The van der Waals surface area contributed by atoms with Gasteiger partial charge in [0.1, 0.15) is 11.4 Å². The van der Waals surface area contributed by atoms with E-state index >= 15 is 0 Å². The van der Waals surface area contributed by atoms with E-state index < -0.39 is 0 Å². The second-order valence-electron chi connectivity index (χ2n) is 7.91. The van der Waals surface area contributed by atoms with Crippen LogP contribution in [0.1, 0.15) is 39.4 Å². The van der Waals surface area contributed by atoms with Crippen molar-refractivity contribution in [2.75, 3.05) is 33.3 Å². The number of piperazine rings is 1. The van der Waals surface area contributed by atoms with Crippen molar-refractivity contribution in [3.63, 3.8) is 0 Å². The van der Waals surface area contributed by atoms with Gasteiger partial charge in [0, 0.05) is 49.7 Å². The Bertz CT molecular complexity index is 1110. The molecule has 0 atom stereocenters. The lowest BCUT2D eigenvalue weighted by Crippen LogP contribution is -2.50. The molecule has 8 heteroatoms. The fraction of sp³-hybridized carbons (Fsp3) is 0.409. The van der Waals surface area contributed by atoms with Crippen molar-refractivity contribution in [1.82, 2.24) is 24.6 Å². The maximum atomic E-state index is 13.0. The van der Waals surface area contributed by atoms with Crippen LogP contribution in [-0.2, 0) is 13.0 Å². The SMILES string of the molecule is COc1ccc2cc(C(=O)N3CCN(C(=O)c4cnn5c4CCCC5)CC3)[nH]c2c1. The number of fused-ring (bicyclic) bond motifs is 2. The number of nitrogens with one attached hydrogen (secondary N) is 1. The van der Waals surface area contributed by atoms with Crippen molar-refractivity contribution in [3.05, 3.63) is 47.4 Å². The molecule has 1 fully saturated rings. The number of ether oxygens (including phenoxy) is 1. The highest BCUT2D eigenvalue weighted by molar-refractivity contribution is 5.99. The summed E-state index contributed by atoms with van der Waals surface area (Å²) in [4.78, 5) is 32.8. The fourth-order valence-electron chi connectivity index (χ4n) is 4.40. The summed E-state index contributed by atoms with van der Waals surface area (Å²) in [6.07, 6.45) is 4.83. The van der Waals surface area contributed by atoms with E-state index in [0.29, 0.717) is 31.9 Å². The number of nitrogens with zero attached hydrogens (tertiary/aromatic N) is 4. The van der Waals surface area contributed by atoms with Gasteiger partial charge in [0.15, 0.2) is 0 Å². The Hall–Kier alpha value is -3.29. The monoisotopic (exact) mass is 407 g/mol. The summed E-state index contributed by atoms with van der Waals surface area (Å²) in [7, 11) is 1.62. The largest absolute Gasteiger partial charge is 0.497 e. The van der Waals surface area contributed by atoms with Gasteiger partial charge in [-0.25, -0.2) is 0 Å². The van der Waals surface area contributed by atoms with Crippen molar-refractivity contribution >= 4 is 22.7 Å². The van der Waals surface area contributed by atoms with Crippen LogP contribution in [0.4, 0.5) is 0 Å². The van der Waals surface area contributed by atoms with Gasteiger partial charge in [-0.15, -0.1) is 0 Å². The third kappa shape index (κ3) is 3.22. The lowest BCUT2D eigenvalue weighted by Gasteiger charge is -2.34. The molecule has 2 aliphatic heterocycles. The standard InChI is InChI=1S/C22H25N5O3/c1-30-16-6-5-15-12-19(24-18(15)13-16)22(29)26-10-8-25(9-11-26)21(28)17-14-23-27-7-3-2-4-20(17)27/h5-6,12-14,24H,2-4,7-11H2,1H3. The Morgan fingerprint density at radius 3 is 2.53 bits per heavy atom. The van der Waals surface area contributed by atoms with Gasteiger partial charge in [-0.1, -0.05) is 0 Å². The topological polar surface area (TPSA) is 83.5 Å². The van der Waals surface area contributed by atoms with E-state index in [9.17, 15) is 9.59 Å². The molecule has 1 N–H and O–H groups in total. The molecular formula is C22H25N5O3. The Balaban J connectivity index is 1.26. The van der Waals surface area contributed by atoms with E-state index in [4.69, 9.17) is 4.74 Å². The smallest absolute Gasteiger partial charge is 0.270 e. The minimum absolute atomic E-state index is 0.0305. The molecule has 3 aromatic rings. The molecule has 1 saturated heterocycles. The number of carbonyl (C=O) groups is 2. The molecule has 5 rings (SSSR count).